The molecule has 0 aromatic heterocycles. The Morgan fingerprint density at radius 3 is 2.19 bits per heavy atom. The zero-order valence-electron chi connectivity index (χ0n) is 16.8. The van der Waals surface area contributed by atoms with Gasteiger partial charge in [0.2, 0.25) is 0 Å². The highest BCUT2D eigenvalue weighted by atomic mass is 19.1. The van der Waals surface area contributed by atoms with E-state index in [0.29, 0.717) is 11.5 Å². The van der Waals surface area contributed by atoms with Gasteiger partial charge < -0.3 is 15.2 Å². The first-order valence-electron chi connectivity index (χ1n) is 9.78. The number of para-hydroxylation sites is 1. The summed E-state index contributed by atoms with van der Waals surface area (Å²) in [6.07, 6.45) is 0. The first kappa shape index (κ1) is 20.8. The quantitative estimate of drug-likeness (QED) is 0.382. The van der Waals surface area contributed by atoms with Crippen LogP contribution in [0.15, 0.2) is 97.1 Å². The Morgan fingerprint density at radius 1 is 0.812 bits per heavy atom. The number of halogens is 1. The molecule has 4 aromatic carbocycles. The number of ether oxygens (including phenoxy) is 1. The summed E-state index contributed by atoms with van der Waals surface area (Å²) in [6, 6.07) is 26.8. The molecule has 0 unspecified atom stereocenters. The van der Waals surface area contributed by atoms with E-state index in [9.17, 15) is 19.1 Å². The zero-order valence-corrected chi connectivity index (χ0v) is 16.8. The van der Waals surface area contributed by atoms with Crippen LogP contribution in [0.3, 0.4) is 0 Å². The number of hydrogen-bond acceptors (Lipinski definition) is 3. The summed E-state index contributed by atoms with van der Waals surface area (Å²) in [5.41, 5.74) is 1.59. The van der Waals surface area contributed by atoms with Gasteiger partial charge in [0.1, 0.15) is 17.3 Å². The molecule has 1 amide bonds. The number of nitrogens with one attached hydrogen (secondary N) is 1. The Labute approximate surface area is 183 Å². The second-order valence-electron chi connectivity index (χ2n) is 6.94. The number of amides is 1. The van der Waals surface area contributed by atoms with Crippen molar-refractivity contribution in [2.45, 2.75) is 0 Å². The molecular weight excluding hydrogens is 409 g/mol. The summed E-state index contributed by atoms with van der Waals surface area (Å²) >= 11 is 0. The van der Waals surface area contributed by atoms with E-state index in [1.807, 2.05) is 48.5 Å². The van der Waals surface area contributed by atoms with Gasteiger partial charge in [-0.2, -0.15) is 0 Å². The number of rotatable bonds is 6. The predicted molar refractivity (Wildman–Crippen MR) is 120 cm³/mol. The molecule has 4 aromatic rings. The lowest BCUT2D eigenvalue weighted by Gasteiger charge is -2.14. The van der Waals surface area contributed by atoms with E-state index >= 15 is 0 Å². The van der Waals surface area contributed by atoms with Crippen LogP contribution in [0.4, 0.5) is 10.1 Å². The lowest BCUT2D eigenvalue weighted by atomic mass is 10.0. The van der Waals surface area contributed by atoms with E-state index < -0.39 is 17.7 Å². The molecule has 0 aliphatic heterocycles. The summed E-state index contributed by atoms with van der Waals surface area (Å²) in [6.45, 7) is 0. The molecule has 0 bridgehead atoms. The smallest absolute Gasteiger partial charge is 0.337 e. The lowest BCUT2D eigenvalue weighted by molar-refractivity contribution is 0.0698. The standard InChI is InChI=1S/C26H18FNO4/c27-19-12-14-22(26(30)31)23(16-19)28-25(29)18-11-13-21(17-7-3-1-4-8-17)24(15-18)32-20-9-5-2-6-10-20/h1-16H,(H,28,29)(H,30,31). The molecule has 0 heterocycles. The van der Waals surface area contributed by atoms with Crippen LogP contribution < -0.4 is 10.1 Å². The number of aromatic carboxylic acids is 1. The van der Waals surface area contributed by atoms with Crippen LogP contribution in [-0.4, -0.2) is 17.0 Å². The molecule has 6 heteroatoms. The summed E-state index contributed by atoms with van der Waals surface area (Å²) in [5, 5.41) is 11.8. The molecule has 158 valence electrons. The summed E-state index contributed by atoms with van der Waals surface area (Å²) in [5.74, 6) is -1.46. The van der Waals surface area contributed by atoms with Crippen molar-refractivity contribution in [1.82, 2.24) is 0 Å². The van der Waals surface area contributed by atoms with Gasteiger partial charge >= 0.3 is 5.97 Å². The SMILES string of the molecule is O=C(Nc1cc(F)ccc1C(=O)O)c1ccc(-c2ccccc2)c(Oc2ccccc2)c1. The number of anilines is 1. The average molecular weight is 427 g/mol. The summed E-state index contributed by atoms with van der Waals surface area (Å²) in [7, 11) is 0. The Morgan fingerprint density at radius 2 is 1.50 bits per heavy atom. The molecule has 0 aliphatic rings. The van der Waals surface area contributed by atoms with Gasteiger partial charge in [0.05, 0.1) is 11.3 Å². The summed E-state index contributed by atoms with van der Waals surface area (Å²) < 4.78 is 19.7. The highest BCUT2D eigenvalue weighted by Crippen LogP contribution is 2.34. The van der Waals surface area contributed by atoms with Crippen molar-refractivity contribution >= 4 is 17.6 Å². The van der Waals surface area contributed by atoms with Gasteiger partial charge in [-0.3, -0.25) is 4.79 Å². The Kier molecular flexibility index (Phi) is 5.94. The van der Waals surface area contributed by atoms with Crippen LogP contribution in [0.2, 0.25) is 0 Å². The second-order valence-corrected chi connectivity index (χ2v) is 6.94. The number of carboxylic acid groups (broad SMARTS) is 1. The molecule has 0 aliphatic carbocycles. The van der Waals surface area contributed by atoms with E-state index in [1.165, 1.54) is 0 Å². The first-order valence-corrected chi connectivity index (χ1v) is 9.78. The Bertz CT molecular complexity index is 1270. The minimum absolute atomic E-state index is 0.125. The molecule has 0 spiro atoms. The predicted octanol–water partition coefficient (Wildman–Crippen LogP) is 6.24. The third-order valence-corrected chi connectivity index (χ3v) is 4.76. The second kappa shape index (κ2) is 9.14. The Balaban J connectivity index is 1.71. The summed E-state index contributed by atoms with van der Waals surface area (Å²) in [4.78, 5) is 24.3. The molecule has 0 radical (unpaired) electrons. The van der Waals surface area contributed by atoms with Crippen LogP contribution in [0, 0.1) is 5.82 Å². The lowest BCUT2D eigenvalue weighted by Crippen LogP contribution is -2.15. The number of carboxylic acids is 1. The number of benzene rings is 4. The molecule has 5 nitrogen and oxygen atoms in total. The van der Waals surface area contributed by atoms with Crippen molar-refractivity contribution in [2.24, 2.45) is 0 Å². The fourth-order valence-corrected chi connectivity index (χ4v) is 3.22. The van der Waals surface area contributed by atoms with Gasteiger partial charge in [0.15, 0.2) is 0 Å². The third kappa shape index (κ3) is 4.65. The molecule has 0 saturated carbocycles. The van der Waals surface area contributed by atoms with Gasteiger partial charge in [-0.15, -0.1) is 0 Å². The van der Waals surface area contributed by atoms with Gasteiger partial charge in [-0.05, 0) is 54.1 Å². The van der Waals surface area contributed by atoms with Crippen molar-refractivity contribution in [3.05, 3.63) is 114 Å². The molecule has 32 heavy (non-hydrogen) atoms. The van der Waals surface area contributed by atoms with Gasteiger partial charge in [-0.25, -0.2) is 9.18 Å². The van der Waals surface area contributed by atoms with Crippen LogP contribution in [-0.2, 0) is 0 Å². The minimum atomic E-state index is -1.27. The van der Waals surface area contributed by atoms with Crippen molar-refractivity contribution < 1.29 is 23.8 Å². The van der Waals surface area contributed by atoms with E-state index in [1.54, 1.807) is 30.3 Å². The average Bonchev–Trinajstić information content (AvgIpc) is 2.80. The number of carbonyl (C=O) groups is 2. The van der Waals surface area contributed by atoms with Crippen LogP contribution in [0.25, 0.3) is 11.1 Å². The van der Waals surface area contributed by atoms with E-state index in [2.05, 4.69) is 5.32 Å². The van der Waals surface area contributed by atoms with Crippen LogP contribution in [0.5, 0.6) is 11.5 Å². The maximum absolute atomic E-state index is 13.6. The normalized spacial score (nSPS) is 10.4. The topological polar surface area (TPSA) is 75.6 Å². The first-order chi connectivity index (χ1) is 15.5. The number of carbonyl (C=O) groups excluding carboxylic acids is 1. The molecule has 0 atom stereocenters. The van der Waals surface area contributed by atoms with Gasteiger partial charge in [-0.1, -0.05) is 48.5 Å². The zero-order chi connectivity index (χ0) is 22.5. The molecule has 4 rings (SSSR count). The van der Waals surface area contributed by atoms with Crippen molar-refractivity contribution in [1.29, 1.82) is 0 Å². The van der Waals surface area contributed by atoms with E-state index in [0.717, 1.165) is 29.3 Å². The third-order valence-electron chi connectivity index (χ3n) is 4.76. The highest BCUT2D eigenvalue weighted by Gasteiger charge is 2.17. The van der Waals surface area contributed by atoms with Gasteiger partial charge in [0, 0.05) is 11.1 Å². The van der Waals surface area contributed by atoms with Crippen molar-refractivity contribution in [3.63, 3.8) is 0 Å². The van der Waals surface area contributed by atoms with Gasteiger partial charge in [0.25, 0.3) is 5.91 Å². The molecule has 0 fully saturated rings. The molecule has 2 N–H and O–H groups in total. The largest absolute Gasteiger partial charge is 0.478 e. The fraction of sp³-hybridized carbons (Fsp3) is 0. The van der Waals surface area contributed by atoms with Crippen molar-refractivity contribution in [2.75, 3.05) is 5.32 Å². The van der Waals surface area contributed by atoms with Crippen LogP contribution >= 0.6 is 0 Å². The fourth-order valence-electron chi connectivity index (χ4n) is 3.22. The maximum atomic E-state index is 13.6. The maximum Gasteiger partial charge on any atom is 0.337 e. The monoisotopic (exact) mass is 427 g/mol. The molecular formula is C26H18FNO4. The van der Waals surface area contributed by atoms with Crippen molar-refractivity contribution in [3.8, 4) is 22.6 Å². The van der Waals surface area contributed by atoms with E-state index in [-0.39, 0.29) is 16.8 Å². The highest BCUT2D eigenvalue weighted by molar-refractivity contribution is 6.08. The number of hydrogen-bond donors (Lipinski definition) is 2. The molecule has 0 saturated heterocycles. The Hall–Kier alpha value is -4.45. The minimum Gasteiger partial charge on any atom is -0.478 e. The van der Waals surface area contributed by atoms with Crippen LogP contribution in [0.1, 0.15) is 20.7 Å². The van der Waals surface area contributed by atoms with E-state index in [4.69, 9.17) is 4.74 Å².